The summed E-state index contributed by atoms with van der Waals surface area (Å²) in [6.45, 7) is 2.70. The molecule has 2 aromatic rings. The second-order valence-electron chi connectivity index (χ2n) is 4.32. The quantitative estimate of drug-likeness (QED) is 0.781. The molecule has 5 heteroatoms. The fourth-order valence-corrected chi connectivity index (χ4v) is 2.86. The summed E-state index contributed by atoms with van der Waals surface area (Å²) in [7, 11) is 0. The second-order valence-corrected chi connectivity index (χ2v) is 5.57. The Morgan fingerprint density at radius 2 is 1.60 bits per heavy atom. The van der Waals surface area contributed by atoms with E-state index in [2.05, 4.69) is 5.32 Å². The summed E-state index contributed by atoms with van der Waals surface area (Å²) in [6, 6.07) is 9.43. The number of hydrogen-bond donors (Lipinski definition) is 1. The van der Waals surface area contributed by atoms with Crippen LogP contribution < -0.4 is 5.32 Å². The molecule has 0 heterocycles. The summed E-state index contributed by atoms with van der Waals surface area (Å²) < 4.78 is 13.2. The fourth-order valence-electron chi connectivity index (χ4n) is 2.06. The first-order chi connectivity index (χ1) is 9.52. The van der Waals surface area contributed by atoms with Crippen LogP contribution in [0.2, 0.25) is 15.1 Å². The lowest BCUT2D eigenvalue weighted by Gasteiger charge is -2.21. The maximum atomic E-state index is 13.2. The molecule has 0 bridgehead atoms. The molecule has 0 radical (unpaired) electrons. The molecule has 106 valence electrons. The highest BCUT2D eigenvalue weighted by atomic mass is 35.5. The number of hydrogen-bond acceptors (Lipinski definition) is 1. The summed E-state index contributed by atoms with van der Waals surface area (Å²) >= 11 is 18.3. The van der Waals surface area contributed by atoms with Crippen LogP contribution >= 0.6 is 34.8 Å². The van der Waals surface area contributed by atoms with Crippen molar-refractivity contribution >= 4 is 34.8 Å². The lowest BCUT2D eigenvalue weighted by atomic mass is 9.98. The van der Waals surface area contributed by atoms with Gasteiger partial charge in [-0.05, 0) is 41.9 Å². The maximum absolute atomic E-state index is 13.2. The number of benzene rings is 2. The molecule has 20 heavy (non-hydrogen) atoms. The second kappa shape index (κ2) is 6.77. The van der Waals surface area contributed by atoms with E-state index in [4.69, 9.17) is 34.8 Å². The van der Waals surface area contributed by atoms with E-state index in [1.807, 2.05) is 13.0 Å². The van der Waals surface area contributed by atoms with E-state index in [0.29, 0.717) is 15.1 Å². The van der Waals surface area contributed by atoms with Gasteiger partial charge in [0, 0.05) is 15.1 Å². The van der Waals surface area contributed by atoms with Crippen LogP contribution in [0.15, 0.2) is 36.4 Å². The predicted molar refractivity (Wildman–Crippen MR) is 83.4 cm³/mol. The van der Waals surface area contributed by atoms with Gasteiger partial charge in [0.1, 0.15) is 5.82 Å². The molecule has 1 nitrogen and oxygen atoms in total. The van der Waals surface area contributed by atoms with Crippen molar-refractivity contribution < 1.29 is 4.39 Å². The monoisotopic (exact) mass is 331 g/mol. The van der Waals surface area contributed by atoms with Crippen LogP contribution in [0.4, 0.5) is 4.39 Å². The van der Waals surface area contributed by atoms with Gasteiger partial charge in [-0.1, -0.05) is 53.9 Å². The summed E-state index contributed by atoms with van der Waals surface area (Å²) in [5.41, 5.74) is 1.63. The van der Waals surface area contributed by atoms with Gasteiger partial charge in [-0.3, -0.25) is 0 Å². The van der Waals surface area contributed by atoms with E-state index in [1.165, 1.54) is 12.1 Å². The van der Waals surface area contributed by atoms with Crippen molar-refractivity contribution in [3.8, 4) is 0 Å². The van der Waals surface area contributed by atoms with E-state index in [0.717, 1.165) is 17.7 Å². The molecule has 2 rings (SSSR count). The third kappa shape index (κ3) is 3.44. The molecule has 1 N–H and O–H groups in total. The Morgan fingerprint density at radius 1 is 1.00 bits per heavy atom. The standard InChI is InChI=1S/C15H13Cl3FN/c1-2-20-15(11-5-3-9(16)7-13(11)17)12-6-4-10(19)8-14(12)18/h3-8,15,20H,2H2,1H3. The molecular formula is C15H13Cl3FN. The minimum absolute atomic E-state index is 0.210. The molecular weight excluding hydrogens is 320 g/mol. The van der Waals surface area contributed by atoms with E-state index in [9.17, 15) is 4.39 Å². The first-order valence-electron chi connectivity index (χ1n) is 6.16. The Bertz CT molecular complexity index is 565. The molecule has 0 fully saturated rings. The highest BCUT2D eigenvalue weighted by molar-refractivity contribution is 6.35. The molecule has 0 aliphatic rings. The number of nitrogens with one attached hydrogen (secondary N) is 1. The Labute approximate surface area is 132 Å². The van der Waals surface area contributed by atoms with Crippen LogP contribution in [-0.4, -0.2) is 6.54 Å². The normalized spacial score (nSPS) is 12.4. The largest absolute Gasteiger partial charge is 0.306 e. The van der Waals surface area contributed by atoms with Crippen molar-refractivity contribution in [2.24, 2.45) is 0 Å². The minimum atomic E-state index is -0.365. The van der Waals surface area contributed by atoms with Gasteiger partial charge >= 0.3 is 0 Å². The van der Waals surface area contributed by atoms with E-state index < -0.39 is 0 Å². The lowest BCUT2D eigenvalue weighted by Crippen LogP contribution is -2.22. The predicted octanol–water partition coefficient (Wildman–Crippen LogP) is 5.48. The van der Waals surface area contributed by atoms with Crippen LogP contribution in [0.5, 0.6) is 0 Å². The molecule has 0 saturated carbocycles. The third-order valence-corrected chi connectivity index (χ3v) is 3.85. The van der Waals surface area contributed by atoms with Crippen molar-refractivity contribution in [3.05, 3.63) is 68.4 Å². The fraction of sp³-hybridized carbons (Fsp3) is 0.200. The summed E-state index contributed by atoms with van der Waals surface area (Å²) in [5.74, 6) is -0.365. The van der Waals surface area contributed by atoms with Gasteiger partial charge in [0.2, 0.25) is 0 Å². The third-order valence-electron chi connectivity index (χ3n) is 2.96. The zero-order valence-corrected chi connectivity index (χ0v) is 13.0. The van der Waals surface area contributed by atoms with Crippen molar-refractivity contribution in [2.45, 2.75) is 13.0 Å². The molecule has 0 saturated heterocycles. The van der Waals surface area contributed by atoms with E-state index in [-0.39, 0.29) is 11.9 Å². The maximum Gasteiger partial charge on any atom is 0.124 e. The van der Waals surface area contributed by atoms with Crippen LogP contribution in [0, 0.1) is 5.82 Å². The van der Waals surface area contributed by atoms with Crippen molar-refractivity contribution in [2.75, 3.05) is 6.54 Å². The SMILES string of the molecule is CCNC(c1ccc(F)cc1Cl)c1ccc(Cl)cc1Cl. The highest BCUT2D eigenvalue weighted by Gasteiger charge is 2.19. The smallest absolute Gasteiger partial charge is 0.124 e. The number of halogens is 4. The van der Waals surface area contributed by atoms with Gasteiger partial charge in [0.25, 0.3) is 0 Å². The first-order valence-corrected chi connectivity index (χ1v) is 7.29. The zero-order chi connectivity index (χ0) is 14.7. The van der Waals surface area contributed by atoms with Crippen LogP contribution in [0.1, 0.15) is 24.1 Å². The summed E-state index contributed by atoms with van der Waals surface area (Å²) in [6.07, 6.45) is 0. The molecule has 0 amide bonds. The summed E-state index contributed by atoms with van der Waals surface area (Å²) in [5, 5.41) is 4.78. The van der Waals surface area contributed by atoms with Crippen LogP contribution in [0.25, 0.3) is 0 Å². The molecule has 0 aromatic heterocycles. The average Bonchev–Trinajstić information content (AvgIpc) is 2.37. The van der Waals surface area contributed by atoms with Crippen LogP contribution in [0.3, 0.4) is 0 Å². The number of rotatable bonds is 4. The average molecular weight is 333 g/mol. The molecule has 1 atom stereocenters. The first kappa shape index (κ1) is 15.6. The topological polar surface area (TPSA) is 12.0 Å². The van der Waals surface area contributed by atoms with E-state index >= 15 is 0 Å². The van der Waals surface area contributed by atoms with E-state index in [1.54, 1.807) is 18.2 Å². The van der Waals surface area contributed by atoms with Gasteiger partial charge in [-0.2, -0.15) is 0 Å². The van der Waals surface area contributed by atoms with Crippen molar-refractivity contribution in [1.82, 2.24) is 5.32 Å². The van der Waals surface area contributed by atoms with Gasteiger partial charge in [-0.15, -0.1) is 0 Å². The molecule has 2 aromatic carbocycles. The summed E-state index contributed by atoms with van der Waals surface area (Å²) in [4.78, 5) is 0. The van der Waals surface area contributed by atoms with Crippen molar-refractivity contribution in [3.63, 3.8) is 0 Å². The molecule has 0 aliphatic carbocycles. The van der Waals surface area contributed by atoms with Gasteiger partial charge in [0.15, 0.2) is 0 Å². The van der Waals surface area contributed by atoms with Crippen LogP contribution in [-0.2, 0) is 0 Å². The minimum Gasteiger partial charge on any atom is -0.306 e. The Balaban J connectivity index is 2.50. The Morgan fingerprint density at radius 3 is 2.15 bits per heavy atom. The molecule has 1 unspecified atom stereocenters. The Kier molecular flexibility index (Phi) is 5.28. The van der Waals surface area contributed by atoms with Gasteiger partial charge in [0.05, 0.1) is 6.04 Å². The Hall–Kier alpha value is -0.800. The molecule has 0 spiro atoms. The zero-order valence-electron chi connectivity index (χ0n) is 10.8. The molecule has 0 aliphatic heterocycles. The van der Waals surface area contributed by atoms with Crippen molar-refractivity contribution in [1.29, 1.82) is 0 Å². The van der Waals surface area contributed by atoms with Gasteiger partial charge < -0.3 is 5.32 Å². The lowest BCUT2D eigenvalue weighted by molar-refractivity contribution is 0.614. The van der Waals surface area contributed by atoms with Gasteiger partial charge in [-0.25, -0.2) is 4.39 Å². The highest BCUT2D eigenvalue weighted by Crippen LogP contribution is 2.33.